The largest absolute Gasteiger partial charge is 0.507 e. The predicted octanol–water partition coefficient (Wildman–Crippen LogP) is 4.34. The fraction of sp³-hybridized carbons (Fsp3) is 0.143. The van der Waals surface area contributed by atoms with Crippen LogP contribution in [-0.2, 0) is 0 Å². The average Bonchev–Trinajstić information content (AvgIpc) is 2.02. The van der Waals surface area contributed by atoms with Crippen LogP contribution in [0.25, 0.3) is 0 Å². The van der Waals surface area contributed by atoms with E-state index < -0.39 is 0 Å². The van der Waals surface area contributed by atoms with E-state index in [9.17, 15) is 0 Å². The minimum Gasteiger partial charge on any atom is -0.507 e. The maximum atomic E-state index is 9.02. The molecule has 0 heterocycles. The Balaban J connectivity index is 0.000000354. The molecule has 0 atom stereocenters. The van der Waals surface area contributed by atoms with Crippen molar-refractivity contribution >= 4 is 55.1 Å². The van der Waals surface area contributed by atoms with Gasteiger partial charge in [-0.25, -0.2) is 0 Å². The summed E-state index contributed by atoms with van der Waals surface area (Å²) in [5.74, 6) is 0.254. The number of hydrogen-bond acceptors (Lipinski definition) is 1. The second kappa shape index (κ2) is 7.01. The standard InChI is InChI=1S/C6H4Br2O.CH2Cl2/c7-4-2-1-3-5(9)6(4)8;2-1-3/h1-3,9H;1H2. The topological polar surface area (TPSA) is 20.2 Å². The van der Waals surface area contributed by atoms with Gasteiger partial charge < -0.3 is 5.11 Å². The van der Waals surface area contributed by atoms with Gasteiger partial charge in [-0.3, -0.25) is 0 Å². The van der Waals surface area contributed by atoms with E-state index in [1.165, 1.54) is 0 Å². The van der Waals surface area contributed by atoms with Crippen molar-refractivity contribution in [3.8, 4) is 5.75 Å². The normalized spacial score (nSPS) is 8.67. The van der Waals surface area contributed by atoms with Crippen LogP contribution < -0.4 is 0 Å². The van der Waals surface area contributed by atoms with Crippen molar-refractivity contribution in [3.05, 3.63) is 27.1 Å². The van der Waals surface area contributed by atoms with Gasteiger partial charge in [-0.05, 0) is 44.0 Å². The molecule has 1 aromatic carbocycles. The molecule has 5 heteroatoms. The molecule has 0 saturated carbocycles. The second-order valence-electron chi connectivity index (χ2n) is 1.67. The van der Waals surface area contributed by atoms with Crippen molar-refractivity contribution in [1.82, 2.24) is 0 Å². The van der Waals surface area contributed by atoms with Crippen LogP contribution in [0.15, 0.2) is 27.1 Å². The summed E-state index contributed by atoms with van der Waals surface area (Å²) in [6.45, 7) is 0. The van der Waals surface area contributed by atoms with E-state index in [4.69, 9.17) is 28.3 Å². The first-order valence-electron chi connectivity index (χ1n) is 2.88. The third-order valence-corrected chi connectivity index (χ3v) is 2.96. The summed E-state index contributed by atoms with van der Waals surface area (Å²) in [7, 11) is 0. The van der Waals surface area contributed by atoms with Gasteiger partial charge in [0.2, 0.25) is 0 Å². The molecule has 1 aromatic rings. The molecule has 0 amide bonds. The summed E-state index contributed by atoms with van der Waals surface area (Å²) in [6, 6.07) is 5.24. The molecule has 0 radical (unpaired) electrons. The molecule has 0 bridgehead atoms. The van der Waals surface area contributed by atoms with Gasteiger partial charge in [0.15, 0.2) is 0 Å². The fourth-order valence-electron chi connectivity index (χ4n) is 0.492. The number of phenolic OH excluding ortho intramolecular Hbond substituents is 1. The Morgan fingerprint density at radius 3 is 2.08 bits per heavy atom. The van der Waals surface area contributed by atoms with Crippen molar-refractivity contribution in [2.45, 2.75) is 0 Å². The van der Waals surface area contributed by atoms with Crippen LogP contribution in [0, 0.1) is 0 Å². The molecule has 12 heavy (non-hydrogen) atoms. The van der Waals surface area contributed by atoms with Gasteiger partial charge >= 0.3 is 0 Å². The van der Waals surface area contributed by atoms with Gasteiger partial charge in [-0.2, -0.15) is 0 Å². The maximum absolute atomic E-state index is 9.02. The third kappa shape index (κ3) is 4.55. The van der Waals surface area contributed by atoms with Gasteiger partial charge in [-0.15, -0.1) is 23.2 Å². The zero-order valence-corrected chi connectivity index (χ0v) is 10.6. The minimum absolute atomic E-state index is 0.194. The van der Waals surface area contributed by atoms with Crippen molar-refractivity contribution in [1.29, 1.82) is 0 Å². The number of hydrogen-bond donors (Lipinski definition) is 1. The Morgan fingerprint density at radius 2 is 1.75 bits per heavy atom. The molecule has 0 spiro atoms. The van der Waals surface area contributed by atoms with Gasteiger partial charge in [0, 0.05) is 4.47 Å². The highest BCUT2D eigenvalue weighted by Gasteiger charge is 1.98. The SMILES string of the molecule is ClCCl.Oc1cccc(Br)c1Br. The Kier molecular flexibility index (Phi) is 7.34. The number of phenols is 1. The van der Waals surface area contributed by atoms with Crippen LogP contribution in [0.4, 0.5) is 0 Å². The van der Waals surface area contributed by atoms with E-state index in [0.29, 0.717) is 4.47 Å². The zero-order valence-electron chi connectivity index (χ0n) is 5.90. The van der Waals surface area contributed by atoms with Crippen LogP contribution in [0.3, 0.4) is 0 Å². The van der Waals surface area contributed by atoms with E-state index in [1.54, 1.807) is 12.1 Å². The molecule has 0 unspecified atom stereocenters. The lowest BCUT2D eigenvalue weighted by Crippen LogP contribution is -1.68. The van der Waals surface area contributed by atoms with Gasteiger partial charge in [-0.1, -0.05) is 6.07 Å². The third-order valence-electron chi connectivity index (χ3n) is 0.931. The van der Waals surface area contributed by atoms with Crippen molar-refractivity contribution < 1.29 is 5.11 Å². The summed E-state index contributed by atoms with van der Waals surface area (Å²) >= 11 is 15.9. The summed E-state index contributed by atoms with van der Waals surface area (Å²) < 4.78 is 1.56. The van der Waals surface area contributed by atoms with E-state index in [2.05, 4.69) is 31.9 Å². The molecule has 0 aliphatic carbocycles. The monoisotopic (exact) mass is 334 g/mol. The Hall–Kier alpha value is 0.560. The first kappa shape index (κ1) is 12.6. The number of benzene rings is 1. The fourth-order valence-corrected chi connectivity index (χ4v) is 1.11. The highest BCUT2D eigenvalue weighted by molar-refractivity contribution is 9.13. The molecule has 68 valence electrons. The number of aromatic hydroxyl groups is 1. The highest BCUT2D eigenvalue weighted by atomic mass is 79.9. The Labute approximate surface area is 97.9 Å². The molecule has 1 rings (SSSR count). The van der Waals surface area contributed by atoms with Crippen molar-refractivity contribution in [2.75, 3.05) is 5.34 Å². The first-order chi connectivity index (χ1) is 5.63. The maximum Gasteiger partial charge on any atom is 0.130 e. The molecule has 1 nitrogen and oxygen atoms in total. The van der Waals surface area contributed by atoms with Crippen LogP contribution >= 0.6 is 55.1 Å². The molecule has 0 saturated heterocycles. The molecule has 0 aromatic heterocycles. The van der Waals surface area contributed by atoms with Crippen molar-refractivity contribution in [2.24, 2.45) is 0 Å². The van der Waals surface area contributed by atoms with Gasteiger partial charge in [0.05, 0.1) is 9.81 Å². The first-order valence-corrected chi connectivity index (χ1v) is 5.54. The van der Waals surface area contributed by atoms with Gasteiger partial charge in [0.1, 0.15) is 5.75 Å². The quantitative estimate of drug-likeness (QED) is 0.699. The summed E-state index contributed by atoms with van der Waals surface area (Å²) in [5.41, 5.74) is 0. The molecule has 1 N–H and O–H groups in total. The van der Waals surface area contributed by atoms with Gasteiger partial charge in [0.25, 0.3) is 0 Å². The molecule has 0 fully saturated rings. The van der Waals surface area contributed by atoms with E-state index >= 15 is 0 Å². The average molecular weight is 337 g/mol. The summed E-state index contributed by atoms with van der Waals surface area (Å²) in [6.07, 6.45) is 0. The Bertz CT molecular complexity index is 223. The molecular weight excluding hydrogens is 331 g/mol. The molecule has 0 aliphatic heterocycles. The van der Waals surface area contributed by atoms with Crippen LogP contribution in [-0.4, -0.2) is 10.4 Å². The lowest BCUT2D eigenvalue weighted by molar-refractivity contribution is 0.471. The lowest BCUT2D eigenvalue weighted by Gasteiger charge is -1.95. The molecule has 0 aliphatic rings. The smallest absolute Gasteiger partial charge is 0.130 e. The van der Waals surface area contributed by atoms with Crippen LogP contribution in [0.1, 0.15) is 0 Å². The van der Waals surface area contributed by atoms with E-state index in [1.807, 2.05) is 6.07 Å². The van der Waals surface area contributed by atoms with E-state index in [0.717, 1.165) is 4.47 Å². The number of alkyl halides is 2. The zero-order chi connectivity index (χ0) is 9.56. The van der Waals surface area contributed by atoms with E-state index in [-0.39, 0.29) is 11.1 Å². The van der Waals surface area contributed by atoms with Crippen molar-refractivity contribution in [3.63, 3.8) is 0 Å². The predicted molar refractivity (Wildman–Crippen MR) is 60.1 cm³/mol. The van der Waals surface area contributed by atoms with Crippen LogP contribution in [0.5, 0.6) is 5.75 Å². The van der Waals surface area contributed by atoms with Crippen LogP contribution in [0.2, 0.25) is 0 Å². The second-order valence-corrected chi connectivity index (χ2v) is 4.13. The number of halogens is 4. The summed E-state index contributed by atoms with van der Waals surface area (Å²) in [4.78, 5) is 0. The Morgan fingerprint density at radius 1 is 1.25 bits per heavy atom. The summed E-state index contributed by atoms with van der Waals surface area (Å²) in [5, 5.41) is 9.22. The number of rotatable bonds is 0. The minimum atomic E-state index is 0.194. The molecular formula is C7H6Br2Cl2O. The highest BCUT2D eigenvalue weighted by Crippen LogP contribution is 2.30. The lowest BCUT2D eigenvalue weighted by atomic mass is 10.3.